The highest BCUT2D eigenvalue weighted by Crippen LogP contribution is 2.30. The first-order valence-corrected chi connectivity index (χ1v) is 10.3. The maximum absolute atomic E-state index is 4.56. The van der Waals surface area contributed by atoms with E-state index in [2.05, 4.69) is 74.3 Å². The second kappa shape index (κ2) is 9.53. The van der Waals surface area contributed by atoms with Crippen LogP contribution in [0.5, 0.6) is 0 Å². The molecule has 1 aliphatic rings. The molecular weight excluding hydrogens is 348 g/mol. The molecule has 2 heterocycles. The van der Waals surface area contributed by atoms with Crippen molar-refractivity contribution >= 4 is 11.9 Å². The van der Waals surface area contributed by atoms with E-state index in [0.29, 0.717) is 0 Å². The normalized spacial score (nSPS) is 15.6. The molecule has 3 rings (SSSR count). The predicted molar refractivity (Wildman–Crippen MR) is 116 cm³/mol. The van der Waals surface area contributed by atoms with Crippen molar-refractivity contribution in [2.75, 3.05) is 44.7 Å². The number of piperazine rings is 1. The van der Waals surface area contributed by atoms with Crippen LogP contribution in [0.2, 0.25) is 0 Å². The van der Waals surface area contributed by atoms with Gasteiger partial charge in [-0.2, -0.15) is 0 Å². The van der Waals surface area contributed by atoms with Gasteiger partial charge in [0, 0.05) is 57.6 Å². The number of rotatable bonds is 6. The Morgan fingerprint density at radius 1 is 1.00 bits per heavy atom. The molecule has 1 aliphatic heterocycles. The lowest BCUT2D eigenvalue weighted by Gasteiger charge is -2.38. The van der Waals surface area contributed by atoms with Gasteiger partial charge in [-0.05, 0) is 24.5 Å². The molecule has 0 unspecified atom stereocenters. The molecule has 0 spiro atoms. The number of benzene rings is 1. The topological polar surface area (TPSA) is 56.7 Å². The minimum Gasteiger partial charge on any atom is -0.355 e. The maximum Gasteiger partial charge on any atom is 0.225 e. The molecule has 1 aromatic heterocycles. The zero-order chi connectivity index (χ0) is 19.8. The van der Waals surface area contributed by atoms with Crippen LogP contribution in [0.4, 0.5) is 5.95 Å². The average Bonchev–Trinajstić information content (AvgIpc) is 2.79. The van der Waals surface area contributed by atoms with Crippen LogP contribution in [0.3, 0.4) is 0 Å². The summed E-state index contributed by atoms with van der Waals surface area (Å²) in [5, 5.41) is 3.66. The molecule has 0 amide bonds. The lowest BCUT2D eigenvalue weighted by Crippen LogP contribution is -2.54. The van der Waals surface area contributed by atoms with Crippen LogP contribution in [-0.4, -0.2) is 60.6 Å². The van der Waals surface area contributed by atoms with E-state index < -0.39 is 0 Å². The number of hydrogen-bond acceptors (Lipinski definition) is 4. The van der Waals surface area contributed by atoms with E-state index >= 15 is 0 Å². The minimum atomic E-state index is 0.122. The Morgan fingerprint density at radius 3 is 2.21 bits per heavy atom. The van der Waals surface area contributed by atoms with E-state index in [0.717, 1.165) is 57.5 Å². The number of aromatic nitrogens is 2. The molecule has 6 heteroatoms. The van der Waals surface area contributed by atoms with Crippen molar-refractivity contribution in [2.45, 2.75) is 32.1 Å². The first kappa shape index (κ1) is 20.1. The highest BCUT2D eigenvalue weighted by molar-refractivity contribution is 5.80. The zero-order valence-electron chi connectivity index (χ0n) is 17.3. The van der Waals surface area contributed by atoms with Gasteiger partial charge in [-0.25, -0.2) is 9.97 Å². The molecule has 1 N–H and O–H groups in total. The number of nitrogens with zero attached hydrogens (tertiary/aromatic N) is 5. The average molecular weight is 381 g/mol. The lowest BCUT2D eigenvalue weighted by molar-refractivity contribution is 0.348. The Bertz CT molecular complexity index is 734. The Morgan fingerprint density at radius 2 is 1.64 bits per heavy atom. The third-order valence-electron chi connectivity index (χ3n) is 5.95. The van der Waals surface area contributed by atoms with Crippen LogP contribution in [0, 0.1) is 0 Å². The quantitative estimate of drug-likeness (QED) is 0.617. The SMILES string of the molecule is CCC(CC)(CNC(=NC)N1CCN(c2ncccn2)CC1)c1ccccc1. The van der Waals surface area contributed by atoms with Crippen molar-refractivity contribution < 1.29 is 0 Å². The third kappa shape index (κ3) is 4.43. The second-order valence-corrected chi connectivity index (χ2v) is 7.28. The van der Waals surface area contributed by atoms with Gasteiger partial charge in [-0.3, -0.25) is 4.99 Å². The Balaban J connectivity index is 1.62. The molecule has 1 saturated heterocycles. The fourth-order valence-electron chi connectivity index (χ4n) is 3.96. The Kier molecular flexibility index (Phi) is 6.85. The van der Waals surface area contributed by atoms with Crippen molar-refractivity contribution in [1.82, 2.24) is 20.2 Å². The van der Waals surface area contributed by atoms with Crippen molar-refractivity contribution in [3.05, 3.63) is 54.4 Å². The molecule has 0 saturated carbocycles. The Labute approximate surface area is 168 Å². The van der Waals surface area contributed by atoms with Crippen LogP contribution in [0.15, 0.2) is 53.8 Å². The highest BCUT2D eigenvalue weighted by atomic mass is 15.4. The fraction of sp³-hybridized carbons (Fsp3) is 0.500. The summed E-state index contributed by atoms with van der Waals surface area (Å²) in [6, 6.07) is 12.7. The fourth-order valence-corrected chi connectivity index (χ4v) is 3.96. The van der Waals surface area contributed by atoms with Crippen LogP contribution in [0.1, 0.15) is 32.3 Å². The van der Waals surface area contributed by atoms with Crippen molar-refractivity contribution in [1.29, 1.82) is 0 Å². The monoisotopic (exact) mass is 380 g/mol. The van der Waals surface area contributed by atoms with Crippen LogP contribution in [-0.2, 0) is 5.41 Å². The smallest absolute Gasteiger partial charge is 0.225 e. The molecule has 1 aromatic carbocycles. The highest BCUT2D eigenvalue weighted by Gasteiger charge is 2.29. The minimum absolute atomic E-state index is 0.122. The van der Waals surface area contributed by atoms with E-state index in [1.807, 2.05) is 13.1 Å². The molecule has 0 aliphatic carbocycles. The molecule has 1 fully saturated rings. The molecule has 0 bridgehead atoms. The van der Waals surface area contributed by atoms with Gasteiger partial charge in [0.2, 0.25) is 5.95 Å². The summed E-state index contributed by atoms with van der Waals surface area (Å²) in [5.74, 6) is 1.79. The van der Waals surface area contributed by atoms with E-state index in [1.165, 1.54) is 5.56 Å². The predicted octanol–water partition coefficient (Wildman–Crippen LogP) is 2.93. The van der Waals surface area contributed by atoms with E-state index in [-0.39, 0.29) is 5.41 Å². The van der Waals surface area contributed by atoms with Gasteiger partial charge in [0.05, 0.1) is 0 Å². The van der Waals surface area contributed by atoms with E-state index in [4.69, 9.17) is 0 Å². The van der Waals surface area contributed by atoms with Crippen LogP contribution < -0.4 is 10.2 Å². The summed E-state index contributed by atoms with van der Waals surface area (Å²) in [6.07, 6.45) is 5.79. The maximum atomic E-state index is 4.56. The summed E-state index contributed by atoms with van der Waals surface area (Å²) >= 11 is 0. The molecule has 0 atom stereocenters. The molecule has 150 valence electrons. The van der Waals surface area contributed by atoms with E-state index in [1.54, 1.807) is 12.4 Å². The van der Waals surface area contributed by atoms with Gasteiger partial charge in [0.25, 0.3) is 0 Å². The molecule has 6 nitrogen and oxygen atoms in total. The van der Waals surface area contributed by atoms with Crippen molar-refractivity contribution in [2.24, 2.45) is 4.99 Å². The van der Waals surface area contributed by atoms with Crippen molar-refractivity contribution in [3.63, 3.8) is 0 Å². The summed E-state index contributed by atoms with van der Waals surface area (Å²) < 4.78 is 0. The second-order valence-electron chi connectivity index (χ2n) is 7.28. The lowest BCUT2D eigenvalue weighted by atomic mass is 9.76. The molecule has 28 heavy (non-hydrogen) atoms. The van der Waals surface area contributed by atoms with Gasteiger partial charge in [-0.15, -0.1) is 0 Å². The van der Waals surface area contributed by atoms with E-state index in [9.17, 15) is 0 Å². The standard InChI is InChI=1S/C22H32N6/c1-4-22(5-2,19-10-7-6-8-11-19)18-26-20(23-3)27-14-16-28(17-15-27)21-24-12-9-13-25-21/h6-13H,4-5,14-18H2,1-3H3,(H,23,26). The van der Waals surface area contributed by atoms with Gasteiger partial charge in [0.1, 0.15) is 0 Å². The van der Waals surface area contributed by atoms with Crippen LogP contribution in [0.25, 0.3) is 0 Å². The number of guanidine groups is 1. The molecule has 0 radical (unpaired) electrons. The number of nitrogens with one attached hydrogen (secondary N) is 1. The molecule has 2 aromatic rings. The number of hydrogen-bond donors (Lipinski definition) is 1. The first-order chi connectivity index (χ1) is 13.7. The van der Waals surface area contributed by atoms with Crippen LogP contribution >= 0.6 is 0 Å². The summed E-state index contributed by atoms with van der Waals surface area (Å²) in [7, 11) is 1.87. The number of aliphatic imine (C=N–C) groups is 1. The van der Waals surface area contributed by atoms with Crippen molar-refractivity contribution in [3.8, 4) is 0 Å². The first-order valence-electron chi connectivity index (χ1n) is 10.3. The summed E-state index contributed by atoms with van der Waals surface area (Å²) in [5.41, 5.74) is 1.52. The summed E-state index contributed by atoms with van der Waals surface area (Å²) in [6.45, 7) is 9.06. The zero-order valence-corrected chi connectivity index (χ0v) is 17.3. The van der Waals surface area contributed by atoms with Gasteiger partial charge in [-0.1, -0.05) is 44.2 Å². The van der Waals surface area contributed by atoms with Gasteiger partial charge >= 0.3 is 0 Å². The third-order valence-corrected chi connectivity index (χ3v) is 5.95. The molecular formula is C22H32N6. The van der Waals surface area contributed by atoms with Gasteiger partial charge in [0.15, 0.2) is 5.96 Å². The van der Waals surface area contributed by atoms with Gasteiger partial charge < -0.3 is 15.1 Å². The number of anilines is 1. The Hall–Kier alpha value is -2.63. The largest absolute Gasteiger partial charge is 0.355 e. The summed E-state index contributed by atoms with van der Waals surface area (Å²) in [4.78, 5) is 17.9.